The third-order valence-electron chi connectivity index (χ3n) is 4.38. The summed E-state index contributed by atoms with van der Waals surface area (Å²) in [6.07, 6.45) is 1.49. The van der Waals surface area contributed by atoms with E-state index in [0.717, 1.165) is 12.8 Å². The number of hydrogen-bond donors (Lipinski definition) is 2. The molecule has 2 aromatic carbocycles. The summed E-state index contributed by atoms with van der Waals surface area (Å²) < 4.78 is 47.0. The molecule has 0 radical (unpaired) electrons. The highest BCUT2D eigenvalue weighted by atomic mass is 35.5. The van der Waals surface area contributed by atoms with Gasteiger partial charge in [-0.15, -0.1) is 0 Å². The molecule has 3 rings (SSSR count). The molecule has 2 N–H and O–H groups in total. The molecular formula is C19H20ClFN2O4S. The van der Waals surface area contributed by atoms with Gasteiger partial charge >= 0.3 is 0 Å². The second kappa shape index (κ2) is 8.57. The Balaban J connectivity index is 1.78. The molecule has 0 aromatic heterocycles. The van der Waals surface area contributed by atoms with Crippen molar-refractivity contribution in [1.82, 2.24) is 4.72 Å². The Kier molecular flexibility index (Phi) is 6.34. The van der Waals surface area contributed by atoms with Crippen LogP contribution in [0.5, 0.6) is 0 Å². The van der Waals surface area contributed by atoms with Crippen LogP contribution in [0.3, 0.4) is 0 Å². The van der Waals surface area contributed by atoms with Gasteiger partial charge in [0.25, 0.3) is 5.91 Å². The lowest BCUT2D eigenvalue weighted by molar-refractivity contribution is 0.102. The fraction of sp³-hybridized carbons (Fsp3) is 0.316. The number of nitrogens with one attached hydrogen (secondary N) is 2. The number of ether oxygens (including phenoxy) is 1. The average molecular weight is 427 g/mol. The minimum Gasteiger partial charge on any atom is -0.377 e. The van der Waals surface area contributed by atoms with Crippen molar-refractivity contribution in [3.8, 4) is 0 Å². The lowest BCUT2D eigenvalue weighted by Gasteiger charge is -2.13. The standard InChI is InChI=1S/C19H20ClFN2O4S/c1-12-4-7-17(16(21)9-12)23-19(24)13-5-6-15(20)18(10-13)28(25,26)22-11-14-3-2-8-27-14/h4-7,9-10,14,22H,2-3,8,11H2,1H3,(H,23,24). The third-order valence-corrected chi connectivity index (χ3v) is 6.29. The largest absolute Gasteiger partial charge is 0.377 e. The summed E-state index contributed by atoms with van der Waals surface area (Å²) in [5.41, 5.74) is 0.765. The third kappa shape index (κ3) is 4.88. The minimum atomic E-state index is -3.94. The maximum atomic E-state index is 14.0. The van der Waals surface area contributed by atoms with Crippen LogP contribution in [0.25, 0.3) is 0 Å². The maximum Gasteiger partial charge on any atom is 0.255 e. The molecule has 0 bridgehead atoms. The quantitative estimate of drug-likeness (QED) is 0.740. The fourth-order valence-electron chi connectivity index (χ4n) is 2.85. The SMILES string of the molecule is Cc1ccc(NC(=O)c2ccc(Cl)c(S(=O)(=O)NCC3CCCO3)c2)c(F)c1. The maximum absolute atomic E-state index is 14.0. The van der Waals surface area contributed by atoms with Crippen LogP contribution >= 0.6 is 11.6 Å². The number of amides is 1. The Morgan fingerprint density at radius 3 is 2.75 bits per heavy atom. The number of benzene rings is 2. The molecule has 1 aliphatic rings. The highest BCUT2D eigenvalue weighted by Crippen LogP contribution is 2.24. The van der Waals surface area contributed by atoms with Gasteiger partial charge < -0.3 is 10.1 Å². The number of halogens is 2. The number of rotatable bonds is 6. The molecular weight excluding hydrogens is 407 g/mol. The van der Waals surface area contributed by atoms with Crippen LogP contribution < -0.4 is 10.0 Å². The zero-order chi connectivity index (χ0) is 20.3. The van der Waals surface area contributed by atoms with Crippen molar-refractivity contribution in [1.29, 1.82) is 0 Å². The number of anilines is 1. The molecule has 6 nitrogen and oxygen atoms in total. The number of sulfonamides is 1. The summed E-state index contributed by atoms with van der Waals surface area (Å²) >= 11 is 6.04. The number of aryl methyl sites for hydroxylation is 1. The van der Waals surface area contributed by atoms with Crippen LogP contribution in [0, 0.1) is 12.7 Å². The summed E-state index contributed by atoms with van der Waals surface area (Å²) in [6.45, 7) is 2.47. The van der Waals surface area contributed by atoms with Gasteiger partial charge in [0.15, 0.2) is 0 Å². The Morgan fingerprint density at radius 2 is 2.07 bits per heavy atom. The average Bonchev–Trinajstić information content (AvgIpc) is 3.16. The van der Waals surface area contributed by atoms with Gasteiger partial charge in [0.2, 0.25) is 10.0 Å². The van der Waals surface area contributed by atoms with Crippen LogP contribution in [-0.2, 0) is 14.8 Å². The Hall–Kier alpha value is -2.00. The van der Waals surface area contributed by atoms with Gasteiger partial charge in [0.05, 0.1) is 16.8 Å². The normalized spacial score (nSPS) is 16.9. The molecule has 0 saturated carbocycles. The van der Waals surface area contributed by atoms with Gasteiger partial charge in [-0.2, -0.15) is 0 Å². The van der Waals surface area contributed by atoms with Crippen molar-refractivity contribution < 1.29 is 22.3 Å². The van der Waals surface area contributed by atoms with E-state index < -0.39 is 21.7 Å². The van der Waals surface area contributed by atoms with Gasteiger partial charge in [-0.3, -0.25) is 4.79 Å². The predicted molar refractivity (Wildman–Crippen MR) is 105 cm³/mol. The predicted octanol–water partition coefficient (Wildman–Crippen LogP) is 3.50. The molecule has 1 atom stereocenters. The topological polar surface area (TPSA) is 84.5 Å². The first-order valence-corrected chi connectivity index (χ1v) is 10.6. The first kappa shape index (κ1) is 20.7. The molecule has 1 heterocycles. The van der Waals surface area contributed by atoms with Gasteiger partial charge in [-0.05, 0) is 55.7 Å². The van der Waals surface area contributed by atoms with Crippen LogP contribution in [0.15, 0.2) is 41.3 Å². The number of hydrogen-bond acceptors (Lipinski definition) is 4. The van der Waals surface area contributed by atoms with Crippen molar-refractivity contribution in [2.75, 3.05) is 18.5 Å². The number of carbonyl (C=O) groups excluding carboxylic acids is 1. The van der Waals surface area contributed by atoms with E-state index in [4.69, 9.17) is 16.3 Å². The molecule has 0 aliphatic carbocycles. The molecule has 28 heavy (non-hydrogen) atoms. The van der Waals surface area contributed by atoms with Gasteiger partial charge in [-0.1, -0.05) is 17.7 Å². The molecule has 1 aliphatic heterocycles. The van der Waals surface area contributed by atoms with E-state index in [1.807, 2.05) is 0 Å². The van der Waals surface area contributed by atoms with E-state index in [1.54, 1.807) is 13.0 Å². The monoisotopic (exact) mass is 426 g/mol. The molecule has 0 spiro atoms. The molecule has 1 fully saturated rings. The second-order valence-corrected chi connectivity index (χ2v) is 8.71. The minimum absolute atomic E-state index is 0.00599. The van der Waals surface area contributed by atoms with E-state index in [1.165, 1.54) is 30.3 Å². The second-order valence-electron chi connectivity index (χ2n) is 6.57. The van der Waals surface area contributed by atoms with Crippen molar-refractivity contribution in [2.45, 2.75) is 30.8 Å². The summed E-state index contributed by atoms with van der Waals surface area (Å²) in [4.78, 5) is 12.2. The van der Waals surface area contributed by atoms with Crippen molar-refractivity contribution >= 4 is 33.2 Å². The Labute approximate surface area is 168 Å². The van der Waals surface area contributed by atoms with E-state index >= 15 is 0 Å². The molecule has 1 saturated heterocycles. The molecule has 2 aromatic rings. The van der Waals surface area contributed by atoms with Gasteiger partial charge in [0, 0.05) is 18.7 Å². The Morgan fingerprint density at radius 1 is 1.29 bits per heavy atom. The lowest BCUT2D eigenvalue weighted by Crippen LogP contribution is -2.32. The summed E-state index contributed by atoms with van der Waals surface area (Å²) in [7, 11) is -3.94. The van der Waals surface area contributed by atoms with E-state index in [-0.39, 0.29) is 33.8 Å². The van der Waals surface area contributed by atoms with Gasteiger partial charge in [-0.25, -0.2) is 17.5 Å². The zero-order valence-corrected chi connectivity index (χ0v) is 16.7. The van der Waals surface area contributed by atoms with Crippen LogP contribution in [0.4, 0.5) is 10.1 Å². The molecule has 1 unspecified atom stereocenters. The van der Waals surface area contributed by atoms with E-state index in [0.29, 0.717) is 12.2 Å². The summed E-state index contributed by atoms with van der Waals surface area (Å²) in [5.74, 6) is -1.22. The highest BCUT2D eigenvalue weighted by molar-refractivity contribution is 7.89. The first-order chi connectivity index (χ1) is 13.3. The summed E-state index contributed by atoms with van der Waals surface area (Å²) in [5, 5.41) is 2.42. The van der Waals surface area contributed by atoms with E-state index in [2.05, 4.69) is 10.0 Å². The van der Waals surface area contributed by atoms with Crippen LogP contribution in [0.2, 0.25) is 5.02 Å². The van der Waals surface area contributed by atoms with Crippen molar-refractivity contribution in [3.63, 3.8) is 0 Å². The number of carbonyl (C=O) groups is 1. The van der Waals surface area contributed by atoms with E-state index in [9.17, 15) is 17.6 Å². The smallest absolute Gasteiger partial charge is 0.255 e. The molecule has 150 valence electrons. The fourth-order valence-corrected chi connectivity index (χ4v) is 4.44. The van der Waals surface area contributed by atoms with Crippen LogP contribution in [-0.4, -0.2) is 33.6 Å². The zero-order valence-electron chi connectivity index (χ0n) is 15.2. The van der Waals surface area contributed by atoms with Crippen molar-refractivity contribution in [3.05, 3.63) is 58.4 Å². The van der Waals surface area contributed by atoms with Crippen LogP contribution in [0.1, 0.15) is 28.8 Å². The lowest BCUT2D eigenvalue weighted by atomic mass is 10.2. The van der Waals surface area contributed by atoms with Crippen molar-refractivity contribution in [2.24, 2.45) is 0 Å². The molecule has 9 heteroatoms. The Bertz CT molecular complexity index is 991. The first-order valence-electron chi connectivity index (χ1n) is 8.74. The molecule has 1 amide bonds. The summed E-state index contributed by atoms with van der Waals surface area (Å²) in [6, 6.07) is 8.26. The highest BCUT2D eigenvalue weighted by Gasteiger charge is 2.23. The van der Waals surface area contributed by atoms with Gasteiger partial charge in [0.1, 0.15) is 10.7 Å².